The average molecular weight is 433 g/mol. The summed E-state index contributed by atoms with van der Waals surface area (Å²) in [5.74, 6) is -49.4. The van der Waals surface area contributed by atoms with Crippen LogP contribution in [0.1, 0.15) is 0 Å². The minimum absolute atomic E-state index is 3.07. The van der Waals surface area contributed by atoms with Crippen LogP contribution < -0.4 is 5.73 Å². The van der Waals surface area contributed by atoms with E-state index in [1.807, 2.05) is 0 Å². The summed E-state index contributed by atoms with van der Waals surface area (Å²) in [5.41, 5.74) is 3.07. The Kier molecular flexibility index (Phi) is 5.39. The second kappa shape index (κ2) is 5.65. The third kappa shape index (κ3) is 2.84. The maximum atomic E-state index is 12.9. The van der Waals surface area contributed by atoms with E-state index in [2.05, 4.69) is 5.73 Å². The molecular formula is C8H3F16NO. The highest BCUT2D eigenvalue weighted by Gasteiger charge is 2.94. The number of alkyl halides is 16. The first-order valence-corrected chi connectivity index (χ1v) is 5.29. The SMILES string of the molecule is NC(F)(F)C(F)(F)C(F)(F)C(F)(F)C(F)(F)C(F)(F)C(F)(F)C(O)(F)F. The highest BCUT2D eigenvalue weighted by atomic mass is 19.4. The number of aliphatic hydroxyl groups is 1. The summed E-state index contributed by atoms with van der Waals surface area (Å²) in [4.78, 5) is 0. The van der Waals surface area contributed by atoms with Gasteiger partial charge in [-0.25, -0.2) is 0 Å². The Labute approximate surface area is 130 Å². The lowest BCUT2D eigenvalue weighted by atomic mass is 9.90. The first-order chi connectivity index (χ1) is 10.8. The summed E-state index contributed by atoms with van der Waals surface area (Å²) in [6.45, 7) is 0. The molecule has 0 saturated heterocycles. The van der Waals surface area contributed by atoms with Gasteiger partial charge in [-0.2, -0.15) is 70.2 Å². The van der Waals surface area contributed by atoms with Gasteiger partial charge in [-0.1, -0.05) is 0 Å². The van der Waals surface area contributed by atoms with E-state index in [0.717, 1.165) is 0 Å². The van der Waals surface area contributed by atoms with Gasteiger partial charge in [0.1, 0.15) is 0 Å². The van der Waals surface area contributed by atoms with Crippen LogP contribution in [0.4, 0.5) is 70.2 Å². The van der Waals surface area contributed by atoms with Crippen molar-refractivity contribution in [2.24, 2.45) is 5.73 Å². The molecule has 0 amide bonds. The number of hydrogen-bond acceptors (Lipinski definition) is 2. The van der Waals surface area contributed by atoms with E-state index in [9.17, 15) is 70.2 Å². The van der Waals surface area contributed by atoms with Crippen molar-refractivity contribution in [2.75, 3.05) is 0 Å². The van der Waals surface area contributed by atoms with Gasteiger partial charge in [0.05, 0.1) is 0 Å². The van der Waals surface area contributed by atoms with Crippen molar-refractivity contribution in [2.45, 2.75) is 47.7 Å². The van der Waals surface area contributed by atoms with Gasteiger partial charge in [0, 0.05) is 0 Å². The molecule has 18 heteroatoms. The topological polar surface area (TPSA) is 46.2 Å². The second-order valence-corrected chi connectivity index (χ2v) is 4.61. The zero-order chi connectivity index (χ0) is 22.0. The van der Waals surface area contributed by atoms with Gasteiger partial charge in [-0.3, -0.25) is 5.73 Å². The van der Waals surface area contributed by atoms with Crippen LogP contribution in [-0.4, -0.2) is 52.8 Å². The van der Waals surface area contributed by atoms with E-state index >= 15 is 0 Å². The Morgan fingerprint density at radius 1 is 0.385 bits per heavy atom. The lowest BCUT2D eigenvalue weighted by Crippen LogP contribution is -2.75. The Morgan fingerprint density at radius 2 is 0.577 bits per heavy atom. The van der Waals surface area contributed by atoms with Crippen molar-refractivity contribution in [3.63, 3.8) is 0 Å². The van der Waals surface area contributed by atoms with Crippen LogP contribution in [0.2, 0.25) is 0 Å². The molecule has 3 N–H and O–H groups in total. The Morgan fingerprint density at radius 3 is 0.769 bits per heavy atom. The normalized spacial score (nSPS) is 16.8. The van der Waals surface area contributed by atoms with Gasteiger partial charge in [-0.15, -0.1) is 0 Å². The number of nitrogens with two attached hydrogens (primary N) is 1. The molecule has 0 heterocycles. The van der Waals surface area contributed by atoms with E-state index in [1.54, 1.807) is 0 Å². The number of hydrogen-bond donors (Lipinski definition) is 2. The third-order valence-electron chi connectivity index (χ3n) is 2.77. The molecule has 0 spiro atoms. The molecule has 158 valence electrons. The predicted molar refractivity (Wildman–Crippen MR) is 46.0 cm³/mol. The predicted octanol–water partition coefficient (Wildman–Crippen LogP) is 3.93. The molecule has 0 aromatic rings. The molecule has 0 aliphatic heterocycles. The molecule has 0 radical (unpaired) electrons. The molecule has 0 fully saturated rings. The van der Waals surface area contributed by atoms with Crippen LogP contribution in [0.3, 0.4) is 0 Å². The highest BCUT2D eigenvalue weighted by Crippen LogP contribution is 2.62. The Balaban J connectivity index is 6.61. The van der Waals surface area contributed by atoms with E-state index in [4.69, 9.17) is 5.11 Å². The van der Waals surface area contributed by atoms with E-state index in [-0.39, 0.29) is 0 Å². The molecule has 0 aromatic carbocycles. The van der Waals surface area contributed by atoms with Crippen LogP contribution in [0.5, 0.6) is 0 Å². The van der Waals surface area contributed by atoms with Gasteiger partial charge in [0.25, 0.3) is 0 Å². The fraction of sp³-hybridized carbons (Fsp3) is 1.00. The summed E-state index contributed by atoms with van der Waals surface area (Å²) >= 11 is 0. The molecule has 2 nitrogen and oxygen atoms in total. The zero-order valence-corrected chi connectivity index (χ0v) is 11.1. The quantitative estimate of drug-likeness (QED) is 0.472. The van der Waals surface area contributed by atoms with Gasteiger partial charge < -0.3 is 5.11 Å². The molecule has 0 aliphatic rings. The summed E-state index contributed by atoms with van der Waals surface area (Å²) in [7, 11) is 0. The van der Waals surface area contributed by atoms with Crippen LogP contribution in [-0.2, 0) is 0 Å². The molecule has 0 aromatic heterocycles. The summed E-state index contributed by atoms with van der Waals surface area (Å²) in [6.07, 6.45) is -7.26. The molecular weight excluding hydrogens is 430 g/mol. The highest BCUT2D eigenvalue weighted by molar-refractivity contribution is 5.14. The first-order valence-electron chi connectivity index (χ1n) is 5.29. The molecule has 0 atom stereocenters. The number of rotatable bonds is 7. The van der Waals surface area contributed by atoms with Gasteiger partial charge in [0.15, 0.2) is 0 Å². The average Bonchev–Trinajstić information content (AvgIpc) is 2.34. The smallest absolute Gasteiger partial charge is 0.331 e. The molecule has 0 rings (SSSR count). The van der Waals surface area contributed by atoms with Crippen molar-refractivity contribution in [1.82, 2.24) is 0 Å². The zero-order valence-electron chi connectivity index (χ0n) is 11.1. The summed E-state index contributed by atoms with van der Waals surface area (Å²) in [5, 5.41) is 7.38. The molecule has 0 unspecified atom stereocenters. The van der Waals surface area contributed by atoms with E-state index in [1.165, 1.54) is 0 Å². The number of halogens is 16. The lowest BCUT2D eigenvalue weighted by molar-refractivity contribution is -0.468. The summed E-state index contributed by atoms with van der Waals surface area (Å²) in [6, 6.07) is -6.78. The first kappa shape index (κ1) is 24.8. The molecule has 0 aliphatic carbocycles. The van der Waals surface area contributed by atoms with Crippen molar-refractivity contribution in [1.29, 1.82) is 0 Å². The van der Waals surface area contributed by atoms with Gasteiger partial charge in [0.2, 0.25) is 0 Å². The van der Waals surface area contributed by atoms with E-state index in [0.29, 0.717) is 0 Å². The van der Waals surface area contributed by atoms with Crippen molar-refractivity contribution in [3.8, 4) is 0 Å². The van der Waals surface area contributed by atoms with E-state index < -0.39 is 47.7 Å². The van der Waals surface area contributed by atoms with Crippen LogP contribution in [0.15, 0.2) is 0 Å². The fourth-order valence-electron chi connectivity index (χ4n) is 1.19. The Hall–Kier alpha value is -1.20. The molecule has 0 bridgehead atoms. The maximum absolute atomic E-state index is 12.9. The summed E-state index contributed by atoms with van der Waals surface area (Å²) < 4.78 is 201. The monoisotopic (exact) mass is 433 g/mol. The largest absolute Gasteiger partial charge is 0.423 e. The minimum Gasteiger partial charge on any atom is -0.331 e. The van der Waals surface area contributed by atoms with Crippen LogP contribution in [0.25, 0.3) is 0 Å². The van der Waals surface area contributed by atoms with Crippen LogP contribution in [0, 0.1) is 0 Å². The van der Waals surface area contributed by atoms with Crippen molar-refractivity contribution in [3.05, 3.63) is 0 Å². The molecule has 0 saturated carbocycles. The second-order valence-electron chi connectivity index (χ2n) is 4.61. The van der Waals surface area contributed by atoms with Gasteiger partial charge >= 0.3 is 47.7 Å². The minimum atomic E-state index is -8.53. The maximum Gasteiger partial charge on any atom is 0.423 e. The lowest BCUT2D eigenvalue weighted by Gasteiger charge is -2.42. The van der Waals surface area contributed by atoms with Crippen molar-refractivity contribution >= 4 is 0 Å². The van der Waals surface area contributed by atoms with Gasteiger partial charge in [-0.05, 0) is 0 Å². The standard InChI is InChI=1S/C8H3F16NO/c9-1(10,3(13,14)5(17,18)7(21,22)25)2(11,12)4(15,16)6(19,20)8(23,24)26/h26H,25H2. The van der Waals surface area contributed by atoms with Crippen LogP contribution >= 0.6 is 0 Å². The molecule has 26 heavy (non-hydrogen) atoms. The van der Waals surface area contributed by atoms with Crippen molar-refractivity contribution < 1.29 is 75.4 Å². The Bertz CT molecular complexity index is 479. The fourth-order valence-corrected chi connectivity index (χ4v) is 1.19. The third-order valence-corrected chi connectivity index (χ3v) is 2.77.